The van der Waals surface area contributed by atoms with Gasteiger partial charge in [-0.15, -0.1) is 0 Å². The number of carbonyl (C=O) groups excluding carboxylic acids is 1. The van der Waals surface area contributed by atoms with E-state index in [1.54, 1.807) is 0 Å². The van der Waals surface area contributed by atoms with Crippen LogP contribution in [0.15, 0.2) is 24.3 Å². The Kier molecular flexibility index (Phi) is 5.87. The molecule has 1 saturated heterocycles. The molecule has 1 aliphatic rings. The van der Waals surface area contributed by atoms with Gasteiger partial charge in [0, 0.05) is 6.54 Å². The van der Waals surface area contributed by atoms with E-state index in [0.717, 1.165) is 19.0 Å². The van der Waals surface area contributed by atoms with Gasteiger partial charge in [-0.1, -0.05) is 19.1 Å². The molecule has 7 heteroatoms. The average molecular weight is 330 g/mol. The van der Waals surface area contributed by atoms with Crippen LogP contribution < -0.4 is 15.4 Å². The highest BCUT2D eigenvalue weighted by Gasteiger charge is 2.34. The highest BCUT2D eigenvalue weighted by Crippen LogP contribution is 2.36. The van der Waals surface area contributed by atoms with Crippen LogP contribution >= 0.6 is 0 Å². The number of hydrogen-bond acceptors (Lipinski definition) is 3. The first kappa shape index (κ1) is 17.6. The Bertz CT molecular complexity index is 528. The normalized spacial score (nSPS) is 19.4. The molecule has 4 nitrogen and oxygen atoms in total. The fourth-order valence-electron chi connectivity index (χ4n) is 2.49. The van der Waals surface area contributed by atoms with Crippen molar-refractivity contribution in [3.63, 3.8) is 0 Å². The van der Waals surface area contributed by atoms with Crippen molar-refractivity contribution in [2.75, 3.05) is 19.6 Å². The summed E-state index contributed by atoms with van der Waals surface area (Å²) in [7, 11) is 0. The summed E-state index contributed by atoms with van der Waals surface area (Å²) in [6.07, 6.45) is -3.69. The minimum Gasteiger partial charge on any atom is -0.488 e. The van der Waals surface area contributed by atoms with Gasteiger partial charge < -0.3 is 15.4 Å². The Morgan fingerprint density at radius 3 is 2.78 bits per heavy atom. The average Bonchev–Trinajstić information content (AvgIpc) is 3.05. The van der Waals surface area contributed by atoms with Gasteiger partial charge in [-0.05, 0) is 31.5 Å². The van der Waals surface area contributed by atoms with Gasteiger partial charge in [-0.25, -0.2) is 0 Å². The molecule has 0 spiro atoms. The molecular weight excluding hydrogens is 309 g/mol. The monoisotopic (exact) mass is 330 g/mol. The van der Waals surface area contributed by atoms with Crippen molar-refractivity contribution in [1.82, 2.24) is 10.6 Å². The van der Waals surface area contributed by atoms with Crippen LogP contribution in [0.1, 0.15) is 25.3 Å². The van der Waals surface area contributed by atoms with E-state index in [1.165, 1.54) is 18.2 Å². The van der Waals surface area contributed by atoms with E-state index in [2.05, 4.69) is 10.6 Å². The molecule has 1 heterocycles. The van der Waals surface area contributed by atoms with Crippen molar-refractivity contribution in [3.8, 4) is 5.75 Å². The van der Waals surface area contributed by atoms with E-state index in [0.29, 0.717) is 13.0 Å². The van der Waals surface area contributed by atoms with Crippen molar-refractivity contribution >= 4 is 5.91 Å². The smallest absolute Gasteiger partial charge is 0.419 e. The van der Waals surface area contributed by atoms with Crippen LogP contribution in [0.5, 0.6) is 5.75 Å². The predicted octanol–water partition coefficient (Wildman–Crippen LogP) is 2.59. The molecule has 2 rings (SSSR count). The van der Waals surface area contributed by atoms with E-state index in [9.17, 15) is 18.0 Å². The van der Waals surface area contributed by atoms with Gasteiger partial charge in [0.15, 0.2) is 0 Å². The molecule has 128 valence electrons. The lowest BCUT2D eigenvalue weighted by Crippen LogP contribution is -2.39. The summed E-state index contributed by atoms with van der Waals surface area (Å²) in [5.41, 5.74) is -0.801. The van der Waals surface area contributed by atoms with Gasteiger partial charge in [-0.3, -0.25) is 4.79 Å². The fourth-order valence-corrected chi connectivity index (χ4v) is 2.49. The zero-order valence-electron chi connectivity index (χ0n) is 13.0. The lowest BCUT2D eigenvalue weighted by Gasteiger charge is -2.21. The molecule has 1 aliphatic heterocycles. The van der Waals surface area contributed by atoms with Crippen molar-refractivity contribution in [2.24, 2.45) is 5.92 Å². The highest BCUT2D eigenvalue weighted by atomic mass is 19.4. The summed E-state index contributed by atoms with van der Waals surface area (Å²) in [6, 6.07) is 5.12. The third-order valence-electron chi connectivity index (χ3n) is 3.88. The second-order valence-electron chi connectivity index (χ2n) is 5.58. The highest BCUT2D eigenvalue weighted by molar-refractivity contribution is 5.79. The number of benzene rings is 1. The summed E-state index contributed by atoms with van der Waals surface area (Å²) in [5, 5.41) is 5.87. The summed E-state index contributed by atoms with van der Waals surface area (Å²) in [5.74, 6) is -0.361. The Morgan fingerprint density at radius 1 is 1.43 bits per heavy atom. The molecule has 0 saturated carbocycles. The van der Waals surface area contributed by atoms with Crippen molar-refractivity contribution in [2.45, 2.75) is 32.0 Å². The Labute approximate surface area is 133 Å². The van der Waals surface area contributed by atoms with Crippen molar-refractivity contribution in [3.05, 3.63) is 29.8 Å². The topological polar surface area (TPSA) is 50.4 Å². The van der Waals surface area contributed by atoms with Crippen LogP contribution in [0, 0.1) is 5.92 Å². The fraction of sp³-hybridized carbons (Fsp3) is 0.562. The van der Waals surface area contributed by atoms with Crippen LogP contribution in [0.4, 0.5) is 13.2 Å². The maximum absolute atomic E-state index is 13.0. The Hall–Kier alpha value is -1.76. The lowest BCUT2D eigenvalue weighted by atomic mass is 10.1. The van der Waals surface area contributed by atoms with E-state index >= 15 is 0 Å². The second-order valence-corrected chi connectivity index (χ2v) is 5.58. The van der Waals surface area contributed by atoms with Crippen LogP contribution in [0.25, 0.3) is 0 Å². The first-order valence-electron chi connectivity index (χ1n) is 7.73. The molecule has 0 bridgehead atoms. The third kappa shape index (κ3) is 4.86. The van der Waals surface area contributed by atoms with Crippen LogP contribution in [0.2, 0.25) is 0 Å². The third-order valence-corrected chi connectivity index (χ3v) is 3.88. The minimum absolute atomic E-state index is 0.0741. The summed E-state index contributed by atoms with van der Waals surface area (Å²) >= 11 is 0. The largest absolute Gasteiger partial charge is 0.488 e. The van der Waals surface area contributed by atoms with E-state index < -0.39 is 17.8 Å². The summed E-state index contributed by atoms with van der Waals surface area (Å²) in [6.45, 7) is 3.45. The number of amides is 1. The Balaban J connectivity index is 1.96. The van der Waals surface area contributed by atoms with Gasteiger partial charge in [-0.2, -0.15) is 13.2 Å². The molecule has 2 unspecified atom stereocenters. The molecule has 1 aromatic carbocycles. The number of ether oxygens (including phenoxy) is 1. The van der Waals surface area contributed by atoms with Crippen LogP contribution in [-0.2, 0) is 11.0 Å². The molecule has 1 fully saturated rings. The van der Waals surface area contributed by atoms with Crippen LogP contribution in [0.3, 0.4) is 0 Å². The van der Waals surface area contributed by atoms with Gasteiger partial charge in [0.05, 0.1) is 18.0 Å². The number of carbonyl (C=O) groups is 1. The molecule has 0 radical (unpaired) electrons. The zero-order chi connectivity index (χ0) is 16.9. The maximum Gasteiger partial charge on any atom is 0.419 e. The van der Waals surface area contributed by atoms with Gasteiger partial charge >= 0.3 is 6.18 Å². The van der Waals surface area contributed by atoms with E-state index in [1.807, 2.05) is 6.92 Å². The van der Waals surface area contributed by atoms with Crippen LogP contribution in [-0.4, -0.2) is 31.6 Å². The molecule has 1 aromatic rings. The molecule has 1 amide bonds. The Morgan fingerprint density at radius 2 is 2.17 bits per heavy atom. The lowest BCUT2D eigenvalue weighted by molar-refractivity contribution is -0.139. The summed E-state index contributed by atoms with van der Waals surface area (Å²) in [4.78, 5) is 12.0. The van der Waals surface area contributed by atoms with E-state index in [-0.39, 0.29) is 24.1 Å². The molecular formula is C16H21F3N2O2. The van der Waals surface area contributed by atoms with Crippen molar-refractivity contribution < 1.29 is 22.7 Å². The standard InChI is InChI=1S/C16H21F3N2O2/c1-2-12(10-21-15(22)11-7-8-20-9-11)23-14-6-4-3-5-13(14)16(17,18)19/h3-6,11-12,20H,2,7-10H2,1H3,(H,21,22). The number of hydrogen-bond donors (Lipinski definition) is 2. The first-order chi connectivity index (χ1) is 10.9. The molecule has 23 heavy (non-hydrogen) atoms. The van der Waals surface area contributed by atoms with Gasteiger partial charge in [0.25, 0.3) is 0 Å². The maximum atomic E-state index is 13.0. The molecule has 2 atom stereocenters. The number of rotatable bonds is 6. The SMILES string of the molecule is CCC(CNC(=O)C1CCNC1)Oc1ccccc1C(F)(F)F. The minimum atomic E-state index is -4.46. The van der Waals surface area contributed by atoms with E-state index in [4.69, 9.17) is 4.74 Å². The number of halogens is 3. The quantitative estimate of drug-likeness (QED) is 0.843. The zero-order valence-corrected chi connectivity index (χ0v) is 13.0. The van der Waals surface area contributed by atoms with Gasteiger partial charge in [0.1, 0.15) is 11.9 Å². The number of para-hydroxylation sites is 1. The number of nitrogens with one attached hydrogen (secondary N) is 2. The summed E-state index contributed by atoms with van der Waals surface area (Å²) < 4.78 is 44.4. The molecule has 0 aliphatic carbocycles. The molecule has 0 aromatic heterocycles. The second kappa shape index (κ2) is 7.68. The van der Waals surface area contributed by atoms with Crippen molar-refractivity contribution in [1.29, 1.82) is 0 Å². The molecule has 2 N–H and O–H groups in total. The van der Waals surface area contributed by atoms with Gasteiger partial charge in [0.2, 0.25) is 5.91 Å². The first-order valence-corrected chi connectivity index (χ1v) is 7.73. The number of alkyl halides is 3. The predicted molar refractivity (Wildman–Crippen MR) is 80.1 cm³/mol.